The van der Waals surface area contributed by atoms with Gasteiger partial charge in [0.25, 0.3) is 11.5 Å². The number of anilines is 1. The summed E-state index contributed by atoms with van der Waals surface area (Å²) in [6.07, 6.45) is -4.57. The molecule has 0 radical (unpaired) electrons. The van der Waals surface area contributed by atoms with Gasteiger partial charge >= 0.3 is 6.18 Å². The SMILES string of the molecule is CCN(CS(=O)O)c1ccc(CNC(=O)c2ccc(C)n(-c3cccc(C(F)(F)F)c3)c2=O)cc1. The van der Waals surface area contributed by atoms with Gasteiger partial charge in [-0.25, -0.2) is 4.21 Å². The van der Waals surface area contributed by atoms with E-state index < -0.39 is 34.3 Å². The summed E-state index contributed by atoms with van der Waals surface area (Å²) < 4.78 is 60.6. The normalized spacial score (nSPS) is 12.3. The van der Waals surface area contributed by atoms with Crippen LogP contribution in [0.5, 0.6) is 0 Å². The monoisotopic (exact) mass is 507 g/mol. The van der Waals surface area contributed by atoms with Crippen LogP contribution in [0, 0.1) is 6.92 Å². The molecule has 1 heterocycles. The topological polar surface area (TPSA) is 91.6 Å². The minimum Gasteiger partial charge on any atom is -0.358 e. The van der Waals surface area contributed by atoms with Gasteiger partial charge in [-0.15, -0.1) is 0 Å². The van der Waals surface area contributed by atoms with Gasteiger partial charge < -0.3 is 14.8 Å². The second-order valence-electron chi connectivity index (χ2n) is 7.73. The summed E-state index contributed by atoms with van der Waals surface area (Å²) in [6.45, 7) is 4.06. The quantitative estimate of drug-likeness (QED) is 0.448. The van der Waals surface area contributed by atoms with Crippen LogP contribution in [0.3, 0.4) is 0 Å². The van der Waals surface area contributed by atoms with Crippen LogP contribution < -0.4 is 15.8 Å². The number of aromatic nitrogens is 1. The van der Waals surface area contributed by atoms with Crippen molar-refractivity contribution in [2.75, 3.05) is 17.3 Å². The molecule has 2 aromatic carbocycles. The highest BCUT2D eigenvalue weighted by atomic mass is 32.2. The van der Waals surface area contributed by atoms with Crippen LogP contribution >= 0.6 is 0 Å². The average molecular weight is 508 g/mol. The van der Waals surface area contributed by atoms with Crippen LogP contribution in [0.25, 0.3) is 5.69 Å². The lowest BCUT2D eigenvalue weighted by molar-refractivity contribution is -0.137. The third kappa shape index (κ3) is 6.37. The van der Waals surface area contributed by atoms with E-state index in [0.717, 1.165) is 28.0 Å². The van der Waals surface area contributed by atoms with Gasteiger partial charge in [0, 0.05) is 30.2 Å². The summed E-state index contributed by atoms with van der Waals surface area (Å²) in [6, 6.07) is 14.2. The van der Waals surface area contributed by atoms with Crippen LogP contribution in [-0.2, 0) is 23.8 Å². The van der Waals surface area contributed by atoms with Crippen LogP contribution in [0.2, 0.25) is 0 Å². The van der Waals surface area contributed by atoms with Crippen molar-refractivity contribution in [1.82, 2.24) is 9.88 Å². The van der Waals surface area contributed by atoms with Crippen molar-refractivity contribution >= 4 is 22.7 Å². The molecule has 0 spiro atoms. The third-order valence-corrected chi connectivity index (χ3v) is 5.89. The second kappa shape index (κ2) is 10.9. The van der Waals surface area contributed by atoms with Crippen molar-refractivity contribution in [2.45, 2.75) is 26.6 Å². The van der Waals surface area contributed by atoms with Crippen molar-refractivity contribution in [3.63, 3.8) is 0 Å². The smallest absolute Gasteiger partial charge is 0.358 e. The highest BCUT2D eigenvalue weighted by Crippen LogP contribution is 2.30. The zero-order valence-electron chi connectivity index (χ0n) is 19.0. The number of benzene rings is 2. The number of amides is 1. The number of hydrogen-bond acceptors (Lipinski definition) is 4. The first-order chi connectivity index (χ1) is 16.5. The Hall–Kier alpha value is -3.44. The molecular weight excluding hydrogens is 483 g/mol. The number of hydrogen-bond donors (Lipinski definition) is 2. The van der Waals surface area contributed by atoms with Gasteiger partial charge in [0.2, 0.25) is 0 Å². The van der Waals surface area contributed by atoms with Gasteiger partial charge in [-0.1, -0.05) is 18.2 Å². The molecule has 186 valence electrons. The lowest BCUT2D eigenvalue weighted by Gasteiger charge is -2.21. The molecule has 1 unspecified atom stereocenters. The van der Waals surface area contributed by atoms with Gasteiger partial charge in [0.15, 0.2) is 11.1 Å². The van der Waals surface area contributed by atoms with Crippen molar-refractivity contribution in [2.24, 2.45) is 0 Å². The van der Waals surface area contributed by atoms with E-state index in [0.29, 0.717) is 12.2 Å². The molecule has 0 aliphatic rings. The molecule has 3 rings (SSSR count). The molecule has 1 atom stereocenters. The Morgan fingerprint density at radius 3 is 2.40 bits per heavy atom. The van der Waals surface area contributed by atoms with Crippen molar-refractivity contribution in [3.05, 3.63) is 93.4 Å². The number of nitrogens with zero attached hydrogens (tertiary/aromatic N) is 2. The van der Waals surface area contributed by atoms with Gasteiger partial charge in [0.1, 0.15) is 11.4 Å². The molecule has 1 amide bonds. The fourth-order valence-corrected chi connectivity index (χ4v) is 4.13. The lowest BCUT2D eigenvalue weighted by Crippen LogP contribution is -2.33. The molecular formula is C24H24F3N3O4S. The molecule has 1 aromatic heterocycles. The van der Waals surface area contributed by atoms with Gasteiger partial charge in [-0.3, -0.25) is 14.2 Å². The molecule has 7 nitrogen and oxygen atoms in total. The third-order valence-electron chi connectivity index (χ3n) is 5.36. The minimum absolute atomic E-state index is 0.0110. The lowest BCUT2D eigenvalue weighted by atomic mass is 10.1. The highest BCUT2D eigenvalue weighted by Gasteiger charge is 2.30. The van der Waals surface area contributed by atoms with E-state index in [1.807, 2.05) is 6.92 Å². The number of pyridine rings is 1. The van der Waals surface area contributed by atoms with Crippen LogP contribution in [0.1, 0.15) is 34.1 Å². The molecule has 0 saturated carbocycles. The molecule has 0 aliphatic heterocycles. The number of rotatable bonds is 8. The Morgan fingerprint density at radius 1 is 1.11 bits per heavy atom. The summed E-state index contributed by atoms with van der Waals surface area (Å²) in [4.78, 5) is 27.5. The maximum Gasteiger partial charge on any atom is 0.416 e. The number of nitrogens with one attached hydrogen (secondary N) is 1. The number of halogens is 3. The van der Waals surface area contributed by atoms with Gasteiger partial charge in [-0.05, 0) is 61.9 Å². The molecule has 0 aliphatic carbocycles. The predicted molar refractivity (Wildman–Crippen MR) is 128 cm³/mol. The first kappa shape index (κ1) is 26.2. The number of carbonyl (C=O) groups excluding carboxylic acids is 1. The van der Waals surface area contributed by atoms with Gasteiger partial charge in [-0.2, -0.15) is 13.2 Å². The van der Waals surface area contributed by atoms with E-state index in [9.17, 15) is 27.0 Å². The highest BCUT2D eigenvalue weighted by molar-refractivity contribution is 7.79. The number of carbonyl (C=O) groups is 1. The van der Waals surface area contributed by atoms with Crippen molar-refractivity contribution in [3.8, 4) is 5.69 Å². The Kier molecular flexibility index (Phi) is 8.13. The maximum atomic E-state index is 13.1. The first-order valence-corrected chi connectivity index (χ1v) is 11.9. The summed E-state index contributed by atoms with van der Waals surface area (Å²) in [7, 11) is 0. The maximum absolute atomic E-state index is 13.1. The standard InChI is InChI=1S/C24H24F3N3O4S/c1-3-29(15-35(33)34)19-10-8-17(9-11-19)14-28-22(31)21-12-7-16(2)30(23(21)32)20-6-4-5-18(13-20)24(25,26)27/h4-13H,3,14-15H2,1-2H3,(H,28,31)(H,33,34). The van der Waals surface area contributed by atoms with Crippen LogP contribution in [0.4, 0.5) is 18.9 Å². The fourth-order valence-electron chi connectivity index (χ4n) is 3.53. The number of aryl methyl sites for hydroxylation is 1. The second-order valence-corrected chi connectivity index (χ2v) is 8.63. The van der Waals surface area contributed by atoms with Crippen LogP contribution in [-0.4, -0.2) is 31.7 Å². The summed E-state index contributed by atoms with van der Waals surface area (Å²) in [5.74, 6) is -0.691. The van der Waals surface area contributed by atoms with E-state index in [1.165, 1.54) is 24.3 Å². The van der Waals surface area contributed by atoms with E-state index in [1.54, 1.807) is 36.1 Å². The van der Waals surface area contributed by atoms with E-state index >= 15 is 0 Å². The van der Waals surface area contributed by atoms with E-state index in [2.05, 4.69) is 5.32 Å². The fraction of sp³-hybridized carbons (Fsp3) is 0.250. The Bertz CT molecular complexity index is 1290. The summed E-state index contributed by atoms with van der Waals surface area (Å²) >= 11 is -1.98. The van der Waals surface area contributed by atoms with E-state index in [-0.39, 0.29) is 23.7 Å². The molecule has 0 fully saturated rings. The van der Waals surface area contributed by atoms with Crippen molar-refractivity contribution in [1.29, 1.82) is 0 Å². The Morgan fingerprint density at radius 2 is 1.80 bits per heavy atom. The molecule has 11 heteroatoms. The predicted octanol–water partition coefficient (Wildman–Crippen LogP) is 4.10. The molecule has 3 aromatic rings. The zero-order chi connectivity index (χ0) is 25.8. The largest absolute Gasteiger partial charge is 0.416 e. The first-order valence-electron chi connectivity index (χ1n) is 10.6. The van der Waals surface area contributed by atoms with Crippen molar-refractivity contribution < 1.29 is 26.7 Å². The molecule has 0 saturated heterocycles. The van der Waals surface area contributed by atoms with Crippen LogP contribution in [0.15, 0.2) is 65.5 Å². The zero-order valence-corrected chi connectivity index (χ0v) is 19.8. The van der Waals surface area contributed by atoms with E-state index in [4.69, 9.17) is 4.55 Å². The van der Waals surface area contributed by atoms with Gasteiger partial charge in [0.05, 0.1) is 5.56 Å². The molecule has 35 heavy (non-hydrogen) atoms. The Labute approximate surface area is 202 Å². The molecule has 2 N–H and O–H groups in total. The summed E-state index contributed by atoms with van der Waals surface area (Å²) in [5, 5.41) is 2.65. The molecule has 0 bridgehead atoms. The Balaban J connectivity index is 1.79. The summed E-state index contributed by atoms with van der Waals surface area (Å²) in [5.41, 5.74) is 0.0372. The average Bonchev–Trinajstić information content (AvgIpc) is 2.81. The minimum atomic E-state index is -4.57. The number of alkyl halides is 3.